The number of carbonyl (C=O) groups is 2. The van der Waals surface area contributed by atoms with Gasteiger partial charge in [-0.05, 0) is 25.3 Å². The summed E-state index contributed by atoms with van der Waals surface area (Å²) < 4.78 is 4.98. The lowest BCUT2D eigenvalue weighted by Gasteiger charge is -2.24. The van der Waals surface area contributed by atoms with Crippen molar-refractivity contribution in [3.05, 3.63) is 12.2 Å². The van der Waals surface area contributed by atoms with Gasteiger partial charge in [-0.2, -0.15) is 0 Å². The quantitative estimate of drug-likeness (QED) is 0.667. The predicted molar refractivity (Wildman–Crippen MR) is 57.3 cm³/mol. The number of allylic oxidation sites excluding steroid dienone is 2. The number of carbonyl (C=O) groups excluding carboxylic acids is 2. The van der Waals surface area contributed by atoms with Crippen LogP contribution in [0.4, 0.5) is 0 Å². The van der Waals surface area contributed by atoms with Crippen LogP contribution in [0.25, 0.3) is 0 Å². The van der Waals surface area contributed by atoms with Crippen LogP contribution in [-0.4, -0.2) is 18.4 Å². The van der Waals surface area contributed by atoms with E-state index in [-0.39, 0.29) is 23.6 Å². The van der Waals surface area contributed by atoms with E-state index in [1.54, 1.807) is 13.0 Å². The molecule has 0 aromatic carbocycles. The van der Waals surface area contributed by atoms with Crippen LogP contribution in [0, 0.1) is 11.8 Å². The Labute approximate surface area is 90.5 Å². The topological polar surface area (TPSA) is 43.4 Å². The van der Waals surface area contributed by atoms with Crippen molar-refractivity contribution in [2.45, 2.75) is 33.1 Å². The van der Waals surface area contributed by atoms with Crippen LogP contribution in [0.5, 0.6) is 0 Å². The number of hydrogen-bond acceptors (Lipinski definition) is 3. The van der Waals surface area contributed by atoms with Crippen molar-refractivity contribution in [2.75, 3.05) is 6.61 Å². The number of rotatable bonds is 4. The summed E-state index contributed by atoms with van der Waals surface area (Å²) >= 11 is 0. The van der Waals surface area contributed by atoms with Gasteiger partial charge in [0.25, 0.3) is 0 Å². The SMILES string of the molecule is CCC[C@@H]1C=CC(=O)C[C@@H]1C(=O)OCC. The second-order valence-electron chi connectivity index (χ2n) is 3.84. The van der Waals surface area contributed by atoms with E-state index in [1.165, 1.54) is 0 Å². The fraction of sp³-hybridized carbons (Fsp3) is 0.667. The van der Waals surface area contributed by atoms with Crippen LogP contribution in [0.3, 0.4) is 0 Å². The molecule has 0 amide bonds. The van der Waals surface area contributed by atoms with Crippen molar-refractivity contribution in [3.8, 4) is 0 Å². The second-order valence-corrected chi connectivity index (χ2v) is 3.84. The van der Waals surface area contributed by atoms with Gasteiger partial charge in [-0.1, -0.05) is 19.4 Å². The van der Waals surface area contributed by atoms with Gasteiger partial charge in [-0.25, -0.2) is 0 Å². The molecule has 0 N–H and O–H groups in total. The van der Waals surface area contributed by atoms with Gasteiger partial charge in [-0.15, -0.1) is 0 Å². The Kier molecular flexibility index (Phi) is 4.53. The lowest BCUT2D eigenvalue weighted by atomic mass is 9.81. The highest BCUT2D eigenvalue weighted by Crippen LogP contribution is 2.28. The van der Waals surface area contributed by atoms with Gasteiger partial charge in [0.15, 0.2) is 5.78 Å². The maximum Gasteiger partial charge on any atom is 0.309 e. The first-order valence-corrected chi connectivity index (χ1v) is 5.56. The monoisotopic (exact) mass is 210 g/mol. The first kappa shape index (κ1) is 12.0. The molecule has 0 aromatic rings. The summed E-state index contributed by atoms with van der Waals surface area (Å²) in [7, 11) is 0. The van der Waals surface area contributed by atoms with Crippen molar-refractivity contribution in [1.29, 1.82) is 0 Å². The predicted octanol–water partition coefficient (Wildman–Crippen LogP) is 2.11. The maximum absolute atomic E-state index is 11.6. The molecule has 3 nitrogen and oxygen atoms in total. The summed E-state index contributed by atoms with van der Waals surface area (Å²) in [5.41, 5.74) is 0. The molecule has 0 radical (unpaired) electrons. The number of ether oxygens (including phenoxy) is 1. The minimum Gasteiger partial charge on any atom is -0.466 e. The summed E-state index contributed by atoms with van der Waals surface area (Å²) in [5, 5.41) is 0. The van der Waals surface area contributed by atoms with E-state index >= 15 is 0 Å². The maximum atomic E-state index is 11.6. The van der Waals surface area contributed by atoms with E-state index in [1.807, 2.05) is 6.08 Å². The minimum absolute atomic E-state index is 0.0282. The molecule has 0 spiro atoms. The van der Waals surface area contributed by atoms with E-state index in [0.29, 0.717) is 13.0 Å². The molecular formula is C12H18O3. The molecule has 15 heavy (non-hydrogen) atoms. The molecule has 0 unspecified atom stereocenters. The molecule has 0 aromatic heterocycles. The molecule has 1 aliphatic carbocycles. The number of ketones is 1. The summed E-state index contributed by atoms with van der Waals surface area (Å²) in [6, 6.07) is 0. The van der Waals surface area contributed by atoms with Crippen LogP contribution in [0.2, 0.25) is 0 Å². The van der Waals surface area contributed by atoms with E-state index in [9.17, 15) is 9.59 Å². The molecule has 0 heterocycles. The van der Waals surface area contributed by atoms with Crippen LogP contribution >= 0.6 is 0 Å². The zero-order valence-electron chi connectivity index (χ0n) is 9.36. The minimum atomic E-state index is -0.262. The Hall–Kier alpha value is -1.12. The van der Waals surface area contributed by atoms with Gasteiger partial charge >= 0.3 is 5.97 Å². The van der Waals surface area contributed by atoms with Crippen molar-refractivity contribution in [1.82, 2.24) is 0 Å². The Morgan fingerprint density at radius 1 is 1.53 bits per heavy atom. The third-order valence-electron chi connectivity index (χ3n) is 2.68. The van der Waals surface area contributed by atoms with Crippen LogP contribution < -0.4 is 0 Å². The average molecular weight is 210 g/mol. The Morgan fingerprint density at radius 2 is 2.27 bits per heavy atom. The normalized spacial score (nSPS) is 25.3. The van der Waals surface area contributed by atoms with Gasteiger partial charge in [0, 0.05) is 6.42 Å². The Morgan fingerprint density at radius 3 is 2.87 bits per heavy atom. The molecule has 2 atom stereocenters. The fourth-order valence-electron chi connectivity index (χ4n) is 1.94. The highest BCUT2D eigenvalue weighted by atomic mass is 16.5. The Balaban J connectivity index is 2.69. The molecule has 1 aliphatic rings. The van der Waals surface area contributed by atoms with Crippen LogP contribution in [0.15, 0.2) is 12.2 Å². The lowest BCUT2D eigenvalue weighted by Crippen LogP contribution is -2.29. The van der Waals surface area contributed by atoms with Crippen molar-refractivity contribution >= 4 is 11.8 Å². The fourth-order valence-corrected chi connectivity index (χ4v) is 1.94. The average Bonchev–Trinajstić information content (AvgIpc) is 2.21. The summed E-state index contributed by atoms with van der Waals surface area (Å²) in [6.07, 6.45) is 5.71. The van der Waals surface area contributed by atoms with Crippen molar-refractivity contribution < 1.29 is 14.3 Å². The standard InChI is InChI=1S/C12H18O3/c1-3-5-9-6-7-10(13)8-11(9)12(14)15-4-2/h6-7,9,11H,3-5,8H2,1-2H3/t9-,11+/m1/s1. The molecule has 0 aliphatic heterocycles. The molecule has 0 fully saturated rings. The van der Waals surface area contributed by atoms with E-state index < -0.39 is 0 Å². The van der Waals surface area contributed by atoms with Crippen molar-refractivity contribution in [3.63, 3.8) is 0 Å². The van der Waals surface area contributed by atoms with Crippen molar-refractivity contribution in [2.24, 2.45) is 11.8 Å². The first-order chi connectivity index (χ1) is 7.19. The molecule has 1 rings (SSSR count). The molecule has 0 bridgehead atoms. The van der Waals surface area contributed by atoms with Gasteiger partial charge in [0.05, 0.1) is 12.5 Å². The molecule has 0 saturated heterocycles. The van der Waals surface area contributed by atoms with Gasteiger partial charge in [0.2, 0.25) is 0 Å². The highest BCUT2D eigenvalue weighted by molar-refractivity contribution is 5.94. The third kappa shape index (κ3) is 3.18. The molecule has 84 valence electrons. The van der Waals surface area contributed by atoms with E-state index in [4.69, 9.17) is 4.74 Å². The first-order valence-electron chi connectivity index (χ1n) is 5.56. The molecular weight excluding hydrogens is 192 g/mol. The van der Waals surface area contributed by atoms with Crippen LogP contribution in [-0.2, 0) is 14.3 Å². The third-order valence-corrected chi connectivity index (χ3v) is 2.68. The van der Waals surface area contributed by atoms with E-state index in [0.717, 1.165) is 12.8 Å². The molecule has 0 saturated carbocycles. The largest absolute Gasteiger partial charge is 0.466 e. The highest BCUT2D eigenvalue weighted by Gasteiger charge is 2.31. The zero-order valence-corrected chi connectivity index (χ0v) is 9.36. The number of esters is 1. The van der Waals surface area contributed by atoms with Gasteiger partial charge < -0.3 is 4.74 Å². The van der Waals surface area contributed by atoms with Gasteiger partial charge in [0.1, 0.15) is 0 Å². The second kappa shape index (κ2) is 5.69. The zero-order chi connectivity index (χ0) is 11.3. The number of hydrogen-bond donors (Lipinski definition) is 0. The van der Waals surface area contributed by atoms with E-state index in [2.05, 4.69) is 6.92 Å². The van der Waals surface area contributed by atoms with Crippen LogP contribution in [0.1, 0.15) is 33.1 Å². The lowest BCUT2D eigenvalue weighted by molar-refractivity contribution is -0.151. The molecule has 3 heteroatoms. The van der Waals surface area contributed by atoms with Gasteiger partial charge in [-0.3, -0.25) is 9.59 Å². The summed E-state index contributed by atoms with van der Waals surface area (Å²) in [5.74, 6) is -0.289. The summed E-state index contributed by atoms with van der Waals surface area (Å²) in [4.78, 5) is 22.9. The summed E-state index contributed by atoms with van der Waals surface area (Å²) in [6.45, 7) is 4.24. The Bertz CT molecular complexity index is 268. The smallest absolute Gasteiger partial charge is 0.309 e.